The molecule has 0 spiro atoms. The van der Waals surface area contributed by atoms with Crippen molar-refractivity contribution in [2.45, 2.75) is 44.4 Å². The molecule has 35 heavy (non-hydrogen) atoms. The van der Waals surface area contributed by atoms with E-state index in [0.29, 0.717) is 48.7 Å². The normalized spacial score (nSPS) is 20.1. The Morgan fingerprint density at radius 1 is 1.06 bits per heavy atom. The van der Waals surface area contributed by atoms with Crippen molar-refractivity contribution in [3.63, 3.8) is 0 Å². The number of anilines is 1. The fourth-order valence-electron chi connectivity index (χ4n) is 4.79. The van der Waals surface area contributed by atoms with E-state index in [4.69, 9.17) is 4.74 Å². The quantitative estimate of drug-likeness (QED) is 0.399. The molecule has 8 heteroatoms. The molecule has 4 aromatic rings. The van der Waals surface area contributed by atoms with Gasteiger partial charge >= 0.3 is 0 Å². The van der Waals surface area contributed by atoms with Crippen molar-refractivity contribution in [3.8, 4) is 0 Å². The Morgan fingerprint density at radius 3 is 2.63 bits per heavy atom. The molecule has 0 radical (unpaired) electrons. The van der Waals surface area contributed by atoms with E-state index in [1.54, 1.807) is 18.5 Å². The van der Waals surface area contributed by atoms with E-state index in [2.05, 4.69) is 20.3 Å². The summed E-state index contributed by atoms with van der Waals surface area (Å²) in [7, 11) is 0. The first-order valence-electron chi connectivity index (χ1n) is 12.0. The number of imidazole rings is 1. The molecule has 1 saturated carbocycles. The maximum Gasteiger partial charge on any atom is 0.256 e. The second-order valence-electron chi connectivity index (χ2n) is 9.13. The van der Waals surface area contributed by atoms with E-state index < -0.39 is 5.60 Å². The first-order chi connectivity index (χ1) is 17.1. The van der Waals surface area contributed by atoms with Gasteiger partial charge in [0.1, 0.15) is 6.33 Å². The molecule has 1 amide bonds. The zero-order valence-electron chi connectivity index (χ0n) is 19.5. The molecule has 0 unspecified atom stereocenters. The average molecular weight is 472 g/mol. The van der Waals surface area contributed by atoms with E-state index in [9.17, 15) is 9.90 Å². The number of hydrogen-bond donors (Lipinski definition) is 2. The Morgan fingerprint density at radius 2 is 1.83 bits per heavy atom. The molecule has 2 aromatic carbocycles. The molecule has 1 fully saturated rings. The molecule has 5 rings (SSSR count). The summed E-state index contributed by atoms with van der Waals surface area (Å²) in [5.74, 6) is 0.0965. The Bertz CT molecular complexity index is 1280. The predicted octanol–water partition coefficient (Wildman–Crippen LogP) is 4.22. The second kappa shape index (κ2) is 10.3. The number of carbonyl (C=O) groups is 1. The highest BCUT2D eigenvalue weighted by atomic mass is 16.5. The van der Waals surface area contributed by atoms with Gasteiger partial charge in [-0.1, -0.05) is 61.4 Å². The first-order valence-corrected chi connectivity index (χ1v) is 12.0. The van der Waals surface area contributed by atoms with Gasteiger partial charge in [0.05, 0.1) is 31.7 Å². The highest BCUT2D eigenvalue weighted by molar-refractivity contribution is 6.06. The second-order valence-corrected chi connectivity index (χ2v) is 9.13. The fourth-order valence-corrected chi connectivity index (χ4v) is 4.79. The Hall–Kier alpha value is -3.62. The molecule has 1 aliphatic rings. The van der Waals surface area contributed by atoms with Gasteiger partial charge in [-0.2, -0.15) is 0 Å². The molecule has 1 aliphatic carbocycles. The van der Waals surface area contributed by atoms with Gasteiger partial charge < -0.3 is 19.7 Å². The summed E-state index contributed by atoms with van der Waals surface area (Å²) >= 11 is 0. The third-order valence-electron chi connectivity index (χ3n) is 6.72. The van der Waals surface area contributed by atoms with E-state index in [1.165, 1.54) is 6.33 Å². The van der Waals surface area contributed by atoms with Gasteiger partial charge in [-0.05, 0) is 30.5 Å². The molecule has 180 valence electrons. The van der Waals surface area contributed by atoms with Crippen LogP contribution in [0.3, 0.4) is 0 Å². The number of ether oxygens (including phenoxy) is 1. The number of rotatable bonds is 8. The van der Waals surface area contributed by atoms with Crippen molar-refractivity contribution < 1.29 is 14.6 Å². The van der Waals surface area contributed by atoms with Gasteiger partial charge in [0, 0.05) is 11.5 Å². The van der Waals surface area contributed by atoms with Gasteiger partial charge in [0.2, 0.25) is 0 Å². The van der Waals surface area contributed by atoms with Crippen LogP contribution in [0.4, 0.5) is 5.82 Å². The number of aromatic nitrogens is 4. The molecule has 8 nitrogen and oxygen atoms in total. The van der Waals surface area contributed by atoms with E-state index in [1.807, 2.05) is 53.1 Å². The molecule has 0 aliphatic heterocycles. The Balaban J connectivity index is 1.31. The maximum atomic E-state index is 12.6. The summed E-state index contributed by atoms with van der Waals surface area (Å²) in [5.41, 5.74) is 1.79. The molecular weight excluding hydrogens is 442 g/mol. The van der Waals surface area contributed by atoms with Crippen molar-refractivity contribution in [1.82, 2.24) is 19.5 Å². The summed E-state index contributed by atoms with van der Waals surface area (Å²) in [6.07, 6.45) is 6.70. The molecular formula is C27H29N5O3. The number of hydrogen-bond acceptors (Lipinski definition) is 6. The number of fused-ring (bicyclic) bond motifs is 1. The first kappa shape index (κ1) is 23.1. The summed E-state index contributed by atoms with van der Waals surface area (Å²) in [4.78, 5) is 25.7. The minimum Gasteiger partial charge on any atom is -0.388 e. The summed E-state index contributed by atoms with van der Waals surface area (Å²) in [5, 5.41) is 14.5. The Kier molecular flexibility index (Phi) is 6.83. The van der Waals surface area contributed by atoms with Crippen LogP contribution in [0.1, 0.15) is 41.6 Å². The fraction of sp³-hybridized carbons (Fsp3) is 0.333. The van der Waals surface area contributed by atoms with Gasteiger partial charge in [-0.15, -0.1) is 0 Å². The van der Waals surface area contributed by atoms with Crippen LogP contribution in [-0.4, -0.2) is 42.7 Å². The van der Waals surface area contributed by atoms with E-state index in [-0.39, 0.29) is 11.8 Å². The number of aliphatic hydroxyl groups is 1. The van der Waals surface area contributed by atoms with Crippen LogP contribution >= 0.6 is 0 Å². The highest BCUT2D eigenvalue weighted by Crippen LogP contribution is 2.36. The molecule has 2 N–H and O–H groups in total. The summed E-state index contributed by atoms with van der Waals surface area (Å²) in [6, 6.07) is 19.0. The van der Waals surface area contributed by atoms with Gasteiger partial charge in [0.25, 0.3) is 5.91 Å². The third-order valence-corrected chi connectivity index (χ3v) is 6.72. The summed E-state index contributed by atoms with van der Waals surface area (Å²) in [6.45, 7) is 1.37. The lowest BCUT2D eigenvalue weighted by Crippen LogP contribution is -2.46. The average Bonchev–Trinajstić information content (AvgIpc) is 3.29. The lowest BCUT2D eigenvalue weighted by Gasteiger charge is -2.40. The van der Waals surface area contributed by atoms with Crippen molar-refractivity contribution in [1.29, 1.82) is 0 Å². The number of amides is 1. The van der Waals surface area contributed by atoms with Crippen LogP contribution in [0.2, 0.25) is 0 Å². The van der Waals surface area contributed by atoms with Crippen molar-refractivity contribution in [2.24, 2.45) is 5.92 Å². The van der Waals surface area contributed by atoms with Gasteiger partial charge in [-0.25, -0.2) is 15.0 Å². The smallest absolute Gasteiger partial charge is 0.256 e. The van der Waals surface area contributed by atoms with Crippen LogP contribution < -0.4 is 5.32 Å². The van der Waals surface area contributed by atoms with Crippen molar-refractivity contribution in [3.05, 3.63) is 84.4 Å². The van der Waals surface area contributed by atoms with E-state index >= 15 is 0 Å². The third kappa shape index (κ3) is 5.23. The van der Waals surface area contributed by atoms with Crippen LogP contribution in [-0.2, 0) is 17.9 Å². The summed E-state index contributed by atoms with van der Waals surface area (Å²) < 4.78 is 7.86. The Labute approximate surface area is 204 Å². The lowest BCUT2D eigenvalue weighted by atomic mass is 9.75. The largest absolute Gasteiger partial charge is 0.388 e. The monoisotopic (exact) mass is 471 g/mol. The SMILES string of the molecule is O=C(Nc1ncnc2c1ncn2C[C@@]1(O)CCCC[C@H]1COCc1ccccc1)c1ccccc1. The van der Waals surface area contributed by atoms with Crippen LogP contribution in [0.25, 0.3) is 11.2 Å². The number of benzene rings is 2. The molecule has 2 atom stereocenters. The topological polar surface area (TPSA) is 102 Å². The standard InChI is InChI=1S/C27H29N5O3/c33-26(21-11-5-2-6-12-21)31-24-23-25(29-18-28-24)32(19-30-23)17-27(34)14-8-7-13-22(27)16-35-15-20-9-3-1-4-10-20/h1-6,9-12,18-19,22,34H,7-8,13-17H2,(H,28,29,31,33)/t22-,27-/m0/s1. The van der Waals surface area contributed by atoms with Crippen LogP contribution in [0, 0.1) is 5.92 Å². The lowest BCUT2D eigenvalue weighted by molar-refractivity contribution is -0.0917. The van der Waals surface area contributed by atoms with Crippen LogP contribution in [0.5, 0.6) is 0 Å². The van der Waals surface area contributed by atoms with Crippen molar-refractivity contribution >= 4 is 22.9 Å². The predicted molar refractivity (Wildman–Crippen MR) is 133 cm³/mol. The molecule has 0 saturated heterocycles. The van der Waals surface area contributed by atoms with Gasteiger partial charge in [-0.3, -0.25) is 4.79 Å². The number of nitrogens with zero attached hydrogens (tertiary/aromatic N) is 4. The zero-order chi connectivity index (χ0) is 24.1. The van der Waals surface area contributed by atoms with Gasteiger partial charge in [0.15, 0.2) is 17.0 Å². The maximum absolute atomic E-state index is 12.6. The highest BCUT2D eigenvalue weighted by Gasteiger charge is 2.39. The number of nitrogens with one attached hydrogen (secondary N) is 1. The van der Waals surface area contributed by atoms with E-state index in [0.717, 1.165) is 24.8 Å². The van der Waals surface area contributed by atoms with Crippen LogP contribution in [0.15, 0.2) is 73.3 Å². The number of carbonyl (C=O) groups excluding carboxylic acids is 1. The molecule has 0 bridgehead atoms. The zero-order valence-corrected chi connectivity index (χ0v) is 19.5. The minimum atomic E-state index is -0.930. The molecule has 2 aromatic heterocycles. The van der Waals surface area contributed by atoms with Crippen molar-refractivity contribution in [2.75, 3.05) is 11.9 Å². The molecule has 2 heterocycles. The minimum absolute atomic E-state index is 0.0107.